The lowest BCUT2D eigenvalue weighted by Crippen LogP contribution is -2.10. The van der Waals surface area contributed by atoms with Gasteiger partial charge in [-0.2, -0.15) is 4.98 Å². The van der Waals surface area contributed by atoms with E-state index in [1.165, 1.54) is 32.1 Å². The first-order valence-corrected chi connectivity index (χ1v) is 7.84. The Morgan fingerprint density at radius 2 is 1.86 bits per heavy atom. The summed E-state index contributed by atoms with van der Waals surface area (Å²) in [7, 11) is 1.63. The molecule has 0 bridgehead atoms. The standard InChI is InChI=1S/C16H19N5O/c1-10-14-20-19-12-8-9-13(22-2)18-16(12)21(14)15(17-10)11-6-4-3-5-7-11/h8-9,11H,3-7H2,1-2H3. The van der Waals surface area contributed by atoms with E-state index in [0.717, 1.165) is 28.3 Å². The lowest BCUT2D eigenvalue weighted by molar-refractivity contribution is 0.398. The molecule has 22 heavy (non-hydrogen) atoms. The maximum atomic E-state index is 5.27. The van der Waals surface area contributed by atoms with Crippen LogP contribution in [0.3, 0.4) is 0 Å². The Morgan fingerprint density at radius 3 is 2.64 bits per heavy atom. The molecule has 0 atom stereocenters. The molecule has 1 saturated carbocycles. The predicted octanol–water partition coefficient (Wildman–Crippen LogP) is 3.04. The summed E-state index contributed by atoms with van der Waals surface area (Å²) in [5.74, 6) is 2.14. The van der Waals surface area contributed by atoms with Crippen molar-refractivity contribution in [2.75, 3.05) is 7.11 Å². The van der Waals surface area contributed by atoms with Gasteiger partial charge in [-0.1, -0.05) is 19.3 Å². The topological polar surface area (TPSA) is 65.2 Å². The number of rotatable bonds is 2. The molecule has 6 nitrogen and oxygen atoms in total. The molecule has 0 saturated heterocycles. The summed E-state index contributed by atoms with van der Waals surface area (Å²) >= 11 is 0. The molecule has 0 radical (unpaired) electrons. The van der Waals surface area contributed by atoms with Crippen molar-refractivity contribution in [3.63, 3.8) is 0 Å². The van der Waals surface area contributed by atoms with Crippen LogP contribution in [0.1, 0.15) is 49.5 Å². The average Bonchev–Trinajstić information content (AvgIpc) is 2.92. The van der Waals surface area contributed by atoms with Crippen LogP contribution in [0.25, 0.3) is 16.8 Å². The Morgan fingerprint density at radius 1 is 1.05 bits per heavy atom. The van der Waals surface area contributed by atoms with Gasteiger partial charge in [0.1, 0.15) is 11.3 Å². The molecular formula is C16H19N5O. The number of aromatic nitrogens is 5. The quantitative estimate of drug-likeness (QED) is 0.727. The summed E-state index contributed by atoms with van der Waals surface area (Å²) in [4.78, 5) is 9.39. The van der Waals surface area contributed by atoms with Gasteiger partial charge in [0.05, 0.1) is 12.8 Å². The second kappa shape index (κ2) is 5.19. The number of aryl methyl sites for hydroxylation is 1. The Balaban J connectivity index is 2.01. The van der Waals surface area contributed by atoms with Crippen molar-refractivity contribution in [1.82, 2.24) is 24.6 Å². The maximum Gasteiger partial charge on any atom is 0.215 e. The SMILES string of the molecule is COc1ccc2nnc3c(C)nc(C4CCCCC4)n3c2n1. The molecule has 0 amide bonds. The van der Waals surface area contributed by atoms with Gasteiger partial charge in [-0.3, -0.25) is 4.40 Å². The number of methoxy groups -OCH3 is 1. The Labute approximate surface area is 128 Å². The van der Waals surface area contributed by atoms with Gasteiger partial charge < -0.3 is 4.74 Å². The number of hydrogen-bond donors (Lipinski definition) is 0. The van der Waals surface area contributed by atoms with E-state index >= 15 is 0 Å². The summed E-state index contributed by atoms with van der Waals surface area (Å²) in [6, 6.07) is 3.71. The second-order valence-electron chi connectivity index (χ2n) is 5.95. The van der Waals surface area contributed by atoms with Crippen LogP contribution in [0.15, 0.2) is 12.1 Å². The molecule has 3 heterocycles. The molecule has 0 unspecified atom stereocenters. The van der Waals surface area contributed by atoms with E-state index in [1.807, 2.05) is 19.1 Å². The molecule has 114 valence electrons. The number of ether oxygens (including phenoxy) is 1. The first kappa shape index (κ1) is 13.4. The number of hydrogen-bond acceptors (Lipinski definition) is 5. The van der Waals surface area contributed by atoms with Crippen molar-refractivity contribution < 1.29 is 4.74 Å². The third-order valence-electron chi connectivity index (χ3n) is 4.52. The summed E-state index contributed by atoms with van der Waals surface area (Å²) in [6.45, 7) is 1.99. The van der Waals surface area contributed by atoms with Crippen LogP contribution in [-0.4, -0.2) is 31.7 Å². The zero-order valence-electron chi connectivity index (χ0n) is 12.9. The van der Waals surface area contributed by atoms with Gasteiger partial charge in [-0.05, 0) is 25.8 Å². The highest BCUT2D eigenvalue weighted by Crippen LogP contribution is 2.33. The molecule has 0 spiro atoms. The van der Waals surface area contributed by atoms with Crippen molar-refractivity contribution in [2.45, 2.75) is 44.9 Å². The molecule has 1 aliphatic carbocycles. The molecule has 0 aromatic carbocycles. The van der Waals surface area contributed by atoms with Crippen LogP contribution in [0.4, 0.5) is 0 Å². The third kappa shape index (κ3) is 2.01. The highest BCUT2D eigenvalue weighted by atomic mass is 16.5. The van der Waals surface area contributed by atoms with Crippen molar-refractivity contribution in [3.8, 4) is 5.88 Å². The Bertz CT molecular complexity index is 835. The highest BCUT2D eigenvalue weighted by molar-refractivity contribution is 5.74. The second-order valence-corrected chi connectivity index (χ2v) is 5.95. The van der Waals surface area contributed by atoms with Crippen LogP contribution >= 0.6 is 0 Å². The first-order chi connectivity index (χ1) is 10.8. The van der Waals surface area contributed by atoms with Gasteiger partial charge >= 0.3 is 0 Å². The minimum Gasteiger partial charge on any atom is -0.481 e. The van der Waals surface area contributed by atoms with Gasteiger partial charge in [-0.25, -0.2) is 4.98 Å². The van der Waals surface area contributed by atoms with Crippen LogP contribution in [0.5, 0.6) is 5.88 Å². The molecule has 1 fully saturated rings. The molecule has 3 aromatic rings. The minimum absolute atomic E-state index is 0.482. The third-order valence-corrected chi connectivity index (χ3v) is 4.52. The largest absolute Gasteiger partial charge is 0.481 e. The molecule has 0 N–H and O–H groups in total. The predicted molar refractivity (Wildman–Crippen MR) is 83.2 cm³/mol. The highest BCUT2D eigenvalue weighted by Gasteiger charge is 2.23. The van der Waals surface area contributed by atoms with Crippen LogP contribution in [-0.2, 0) is 0 Å². The van der Waals surface area contributed by atoms with Gasteiger partial charge in [0.2, 0.25) is 5.88 Å². The van der Waals surface area contributed by atoms with Crippen molar-refractivity contribution in [1.29, 1.82) is 0 Å². The zero-order valence-corrected chi connectivity index (χ0v) is 12.9. The van der Waals surface area contributed by atoms with E-state index in [2.05, 4.69) is 19.6 Å². The average molecular weight is 297 g/mol. The van der Waals surface area contributed by atoms with Crippen LogP contribution < -0.4 is 4.74 Å². The number of fused-ring (bicyclic) bond motifs is 3. The van der Waals surface area contributed by atoms with Gasteiger partial charge in [-0.15, -0.1) is 10.2 Å². The summed E-state index contributed by atoms with van der Waals surface area (Å²) < 4.78 is 7.35. The molecular weight excluding hydrogens is 278 g/mol. The van der Waals surface area contributed by atoms with E-state index < -0.39 is 0 Å². The van der Waals surface area contributed by atoms with Gasteiger partial charge in [0, 0.05) is 12.0 Å². The molecule has 1 aliphatic rings. The monoisotopic (exact) mass is 297 g/mol. The molecule has 6 heteroatoms. The molecule has 0 aliphatic heterocycles. The number of pyridine rings is 1. The molecule has 4 rings (SSSR count). The van der Waals surface area contributed by atoms with E-state index in [4.69, 9.17) is 9.72 Å². The summed E-state index contributed by atoms with van der Waals surface area (Å²) in [6.07, 6.45) is 6.24. The summed E-state index contributed by atoms with van der Waals surface area (Å²) in [5.41, 5.74) is 3.27. The van der Waals surface area contributed by atoms with Gasteiger partial charge in [0.25, 0.3) is 0 Å². The lowest BCUT2D eigenvalue weighted by Gasteiger charge is -2.20. The van der Waals surface area contributed by atoms with Crippen molar-refractivity contribution in [3.05, 3.63) is 23.7 Å². The van der Waals surface area contributed by atoms with Crippen molar-refractivity contribution >= 4 is 16.8 Å². The van der Waals surface area contributed by atoms with E-state index in [1.54, 1.807) is 7.11 Å². The smallest absolute Gasteiger partial charge is 0.215 e. The van der Waals surface area contributed by atoms with Gasteiger partial charge in [0.15, 0.2) is 11.3 Å². The Kier molecular flexibility index (Phi) is 3.17. The molecule has 3 aromatic heterocycles. The fourth-order valence-electron chi connectivity index (χ4n) is 3.38. The number of imidazole rings is 1. The van der Waals surface area contributed by atoms with Crippen molar-refractivity contribution in [2.24, 2.45) is 0 Å². The van der Waals surface area contributed by atoms with E-state index in [9.17, 15) is 0 Å². The Hall–Kier alpha value is -2.24. The normalized spacial score (nSPS) is 16.5. The van der Waals surface area contributed by atoms with E-state index in [0.29, 0.717) is 11.8 Å². The fourth-order valence-corrected chi connectivity index (χ4v) is 3.38. The zero-order chi connectivity index (χ0) is 15.1. The fraction of sp³-hybridized carbons (Fsp3) is 0.500. The first-order valence-electron chi connectivity index (χ1n) is 7.84. The van der Waals surface area contributed by atoms with Crippen LogP contribution in [0, 0.1) is 6.92 Å². The lowest BCUT2D eigenvalue weighted by atomic mass is 9.89. The van der Waals surface area contributed by atoms with Crippen LogP contribution in [0.2, 0.25) is 0 Å². The van der Waals surface area contributed by atoms with E-state index in [-0.39, 0.29) is 0 Å². The maximum absolute atomic E-state index is 5.27. The number of nitrogens with zero attached hydrogens (tertiary/aromatic N) is 5. The minimum atomic E-state index is 0.482. The summed E-state index contributed by atoms with van der Waals surface area (Å²) in [5, 5.41) is 8.62.